The summed E-state index contributed by atoms with van der Waals surface area (Å²) < 4.78 is 37.9. The molecule has 0 heterocycles. The van der Waals surface area contributed by atoms with Gasteiger partial charge in [-0.15, -0.1) is 0 Å². The van der Waals surface area contributed by atoms with Crippen LogP contribution in [0.4, 0.5) is 13.2 Å². The molecular formula is C16H18F3NO. The van der Waals surface area contributed by atoms with Crippen LogP contribution in [0.2, 0.25) is 0 Å². The zero-order chi connectivity index (χ0) is 15.0. The van der Waals surface area contributed by atoms with Crippen LogP contribution in [-0.2, 0) is 17.5 Å². The summed E-state index contributed by atoms with van der Waals surface area (Å²) in [7, 11) is 0. The fourth-order valence-electron chi connectivity index (χ4n) is 3.74. The number of carbonyl (C=O) groups is 1. The Morgan fingerprint density at radius 2 is 2.05 bits per heavy atom. The average molecular weight is 297 g/mol. The van der Waals surface area contributed by atoms with E-state index in [0.29, 0.717) is 17.4 Å². The van der Waals surface area contributed by atoms with E-state index in [4.69, 9.17) is 0 Å². The number of amides is 1. The molecular weight excluding hydrogens is 279 g/mol. The van der Waals surface area contributed by atoms with Gasteiger partial charge < -0.3 is 5.32 Å². The molecule has 0 aliphatic heterocycles. The standard InChI is InChI=1S/C16H18F3NO/c17-16(18,19)13-3-1-2-11(7-13)9-20-15(21)14-8-10-4-5-12(14)6-10/h1-3,7,10,12,14H,4-6,8-9H2,(H,20,21)/t10-,12+,14+/m1/s1. The number of rotatable bonds is 3. The van der Waals surface area contributed by atoms with Gasteiger partial charge in [-0.2, -0.15) is 13.2 Å². The van der Waals surface area contributed by atoms with Crippen molar-refractivity contribution in [2.45, 2.75) is 38.4 Å². The van der Waals surface area contributed by atoms with Crippen LogP contribution in [0.15, 0.2) is 24.3 Å². The molecule has 2 fully saturated rings. The van der Waals surface area contributed by atoms with Crippen molar-refractivity contribution in [1.29, 1.82) is 0 Å². The number of carbonyl (C=O) groups excluding carboxylic acids is 1. The van der Waals surface area contributed by atoms with E-state index < -0.39 is 11.7 Å². The highest BCUT2D eigenvalue weighted by Crippen LogP contribution is 2.48. The van der Waals surface area contributed by atoms with Gasteiger partial charge in [-0.3, -0.25) is 4.79 Å². The molecule has 21 heavy (non-hydrogen) atoms. The summed E-state index contributed by atoms with van der Waals surface area (Å²) in [5, 5.41) is 2.80. The molecule has 114 valence electrons. The van der Waals surface area contributed by atoms with Crippen molar-refractivity contribution in [2.75, 3.05) is 0 Å². The molecule has 1 N–H and O–H groups in total. The summed E-state index contributed by atoms with van der Waals surface area (Å²) >= 11 is 0. The summed E-state index contributed by atoms with van der Waals surface area (Å²) in [5.74, 6) is 1.23. The topological polar surface area (TPSA) is 29.1 Å². The van der Waals surface area contributed by atoms with E-state index in [1.165, 1.54) is 12.5 Å². The van der Waals surface area contributed by atoms with Crippen LogP contribution in [0.5, 0.6) is 0 Å². The summed E-state index contributed by atoms with van der Waals surface area (Å²) in [4.78, 5) is 12.2. The average Bonchev–Trinajstić information content (AvgIpc) is 3.07. The highest BCUT2D eigenvalue weighted by molar-refractivity contribution is 5.79. The zero-order valence-corrected chi connectivity index (χ0v) is 11.6. The Hall–Kier alpha value is -1.52. The molecule has 0 saturated heterocycles. The minimum absolute atomic E-state index is 0.000360. The van der Waals surface area contributed by atoms with E-state index in [2.05, 4.69) is 5.32 Å². The van der Waals surface area contributed by atoms with Gasteiger partial charge >= 0.3 is 6.18 Å². The molecule has 2 nitrogen and oxygen atoms in total. The van der Waals surface area contributed by atoms with Gasteiger partial charge in [0.15, 0.2) is 0 Å². The van der Waals surface area contributed by atoms with Crippen molar-refractivity contribution in [1.82, 2.24) is 5.32 Å². The first-order chi connectivity index (χ1) is 9.93. The smallest absolute Gasteiger partial charge is 0.352 e. The minimum atomic E-state index is -4.34. The van der Waals surface area contributed by atoms with E-state index in [1.807, 2.05) is 0 Å². The zero-order valence-electron chi connectivity index (χ0n) is 11.6. The Morgan fingerprint density at radius 1 is 1.24 bits per heavy atom. The molecule has 0 spiro atoms. The molecule has 5 heteroatoms. The second-order valence-electron chi connectivity index (χ2n) is 6.20. The molecule has 2 saturated carbocycles. The lowest BCUT2D eigenvalue weighted by Gasteiger charge is -2.20. The lowest BCUT2D eigenvalue weighted by molar-refractivity contribution is -0.137. The molecule has 0 radical (unpaired) electrons. The first kappa shape index (κ1) is 14.4. The van der Waals surface area contributed by atoms with E-state index in [0.717, 1.165) is 31.4 Å². The molecule has 0 aromatic heterocycles. The monoisotopic (exact) mass is 297 g/mol. The number of nitrogens with one attached hydrogen (secondary N) is 1. The highest BCUT2D eigenvalue weighted by Gasteiger charge is 2.42. The maximum atomic E-state index is 12.6. The van der Waals surface area contributed by atoms with Crippen LogP contribution < -0.4 is 5.32 Å². The molecule has 1 amide bonds. The summed E-state index contributed by atoms with van der Waals surface area (Å²) in [6.07, 6.45) is 0.0831. The second-order valence-corrected chi connectivity index (χ2v) is 6.20. The van der Waals surface area contributed by atoms with Crippen molar-refractivity contribution in [3.8, 4) is 0 Å². The number of benzene rings is 1. The lowest BCUT2D eigenvalue weighted by atomic mass is 9.88. The van der Waals surface area contributed by atoms with Crippen LogP contribution in [0, 0.1) is 17.8 Å². The van der Waals surface area contributed by atoms with Gasteiger partial charge in [0.05, 0.1) is 5.56 Å². The minimum Gasteiger partial charge on any atom is -0.352 e. The van der Waals surface area contributed by atoms with Gasteiger partial charge in [0.1, 0.15) is 0 Å². The van der Waals surface area contributed by atoms with Crippen LogP contribution in [0.3, 0.4) is 0 Å². The van der Waals surface area contributed by atoms with E-state index >= 15 is 0 Å². The Bertz CT molecular complexity index is 541. The van der Waals surface area contributed by atoms with E-state index in [-0.39, 0.29) is 18.4 Å². The van der Waals surface area contributed by atoms with Gasteiger partial charge in [0, 0.05) is 12.5 Å². The van der Waals surface area contributed by atoms with Crippen LogP contribution in [0.25, 0.3) is 0 Å². The van der Waals surface area contributed by atoms with Crippen molar-refractivity contribution in [3.63, 3.8) is 0 Å². The third-order valence-corrected chi connectivity index (χ3v) is 4.80. The third kappa shape index (κ3) is 3.06. The van der Waals surface area contributed by atoms with Crippen molar-refractivity contribution < 1.29 is 18.0 Å². The predicted octanol–water partition coefficient (Wildman–Crippen LogP) is 3.76. The molecule has 1 aromatic rings. The van der Waals surface area contributed by atoms with Crippen molar-refractivity contribution in [3.05, 3.63) is 35.4 Å². The van der Waals surface area contributed by atoms with Gasteiger partial charge in [-0.1, -0.05) is 18.6 Å². The summed E-state index contributed by atoms with van der Waals surface area (Å²) in [6.45, 7) is 0.163. The van der Waals surface area contributed by atoms with Crippen LogP contribution in [0.1, 0.15) is 36.8 Å². The fourth-order valence-corrected chi connectivity index (χ4v) is 3.74. The Labute approximate surface area is 121 Å². The van der Waals surface area contributed by atoms with Crippen LogP contribution in [-0.4, -0.2) is 5.91 Å². The molecule has 3 atom stereocenters. The number of halogens is 3. The van der Waals surface area contributed by atoms with Gasteiger partial charge in [0.25, 0.3) is 0 Å². The Morgan fingerprint density at radius 3 is 2.67 bits per heavy atom. The van der Waals surface area contributed by atoms with Gasteiger partial charge in [0.2, 0.25) is 5.91 Å². The number of alkyl halides is 3. The number of hydrogen-bond acceptors (Lipinski definition) is 1. The quantitative estimate of drug-likeness (QED) is 0.904. The van der Waals surface area contributed by atoms with Crippen LogP contribution >= 0.6 is 0 Å². The Balaban J connectivity index is 1.59. The fraction of sp³-hybridized carbons (Fsp3) is 0.562. The maximum absolute atomic E-state index is 12.6. The largest absolute Gasteiger partial charge is 0.416 e. The molecule has 1 aromatic carbocycles. The van der Waals surface area contributed by atoms with Crippen molar-refractivity contribution >= 4 is 5.91 Å². The molecule has 0 unspecified atom stereocenters. The van der Waals surface area contributed by atoms with E-state index in [9.17, 15) is 18.0 Å². The first-order valence-corrected chi connectivity index (χ1v) is 7.37. The highest BCUT2D eigenvalue weighted by atomic mass is 19.4. The second kappa shape index (κ2) is 5.35. The summed E-state index contributed by atoms with van der Waals surface area (Å²) in [5.41, 5.74) is -0.185. The predicted molar refractivity (Wildman–Crippen MR) is 72.2 cm³/mol. The molecule has 2 aliphatic rings. The SMILES string of the molecule is O=C(NCc1cccc(C(F)(F)F)c1)[C@H]1C[C@@H]2CC[C@H]1C2. The maximum Gasteiger partial charge on any atom is 0.416 e. The molecule has 3 rings (SSSR count). The first-order valence-electron chi connectivity index (χ1n) is 7.37. The number of hydrogen-bond donors (Lipinski definition) is 1. The van der Waals surface area contributed by atoms with Gasteiger partial charge in [-0.25, -0.2) is 0 Å². The van der Waals surface area contributed by atoms with Crippen molar-refractivity contribution in [2.24, 2.45) is 17.8 Å². The normalized spacial score (nSPS) is 27.9. The third-order valence-electron chi connectivity index (χ3n) is 4.80. The Kier molecular flexibility index (Phi) is 3.68. The number of fused-ring (bicyclic) bond motifs is 2. The molecule has 2 bridgehead atoms. The van der Waals surface area contributed by atoms with E-state index in [1.54, 1.807) is 6.07 Å². The summed E-state index contributed by atoms with van der Waals surface area (Å²) in [6, 6.07) is 5.13. The molecule has 2 aliphatic carbocycles. The van der Waals surface area contributed by atoms with Gasteiger partial charge in [-0.05, 0) is 48.8 Å². The lowest BCUT2D eigenvalue weighted by Crippen LogP contribution is -2.33.